The molecule has 1 aromatic rings. The van der Waals surface area contributed by atoms with Gasteiger partial charge in [0.25, 0.3) is 0 Å². The number of guanidine groups is 1. The molecule has 1 heterocycles. The predicted octanol–water partition coefficient (Wildman–Crippen LogP) is 0.174. The van der Waals surface area contributed by atoms with Gasteiger partial charge in [-0.3, -0.25) is 29.0 Å². The Morgan fingerprint density at radius 1 is 0.696 bits per heavy atom. The first-order chi connectivity index (χ1) is 21.6. The Balaban J connectivity index is 2.58. The SMILES string of the molecule is CC(C)C[C@@H]1NC(=O)[C@H](CCCN=C(N)N)NC(=O)[C@H](C(C)C)NC(=O)[C@H](CC(C)C)NC(=O)[C@@H](Cc2ccc(O)cc2)NC1=O. The minimum absolute atomic E-state index is 0.00133. The zero-order valence-corrected chi connectivity index (χ0v) is 27.8. The number of phenolic OH excluding ortho intramolecular Hbond substituents is 1. The lowest BCUT2D eigenvalue weighted by atomic mass is 9.98. The van der Waals surface area contributed by atoms with Gasteiger partial charge in [-0.15, -0.1) is 0 Å². The van der Waals surface area contributed by atoms with Crippen LogP contribution in [0.4, 0.5) is 0 Å². The molecule has 1 fully saturated rings. The summed E-state index contributed by atoms with van der Waals surface area (Å²) in [6, 6.07) is 0.976. The average molecular weight is 645 g/mol. The largest absolute Gasteiger partial charge is 0.508 e. The molecule has 5 atom stereocenters. The van der Waals surface area contributed by atoms with Gasteiger partial charge in [0.1, 0.15) is 36.0 Å². The van der Waals surface area contributed by atoms with Crippen LogP contribution in [0.5, 0.6) is 5.75 Å². The van der Waals surface area contributed by atoms with E-state index in [1.54, 1.807) is 26.0 Å². The van der Waals surface area contributed by atoms with E-state index < -0.39 is 59.7 Å². The van der Waals surface area contributed by atoms with Crippen LogP contribution < -0.4 is 38.1 Å². The Morgan fingerprint density at radius 2 is 1.15 bits per heavy atom. The van der Waals surface area contributed by atoms with E-state index in [-0.39, 0.29) is 61.7 Å². The van der Waals surface area contributed by atoms with Gasteiger partial charge in [0.15, 0.2) is 5.96 Å². The van der Waals surface area contributed by atoms with Crippen LogP contribution >= 0.6 is 0 Å². The number of amides is 5. The van der Waals surface area contributed by atoms with Gasteiger partial charge in [0.2, 0.25) is 29.5 Å². The van der Waals surface area contributed by atoms with Crippen LogP contribution in [0.15, 0.2) is 29.3 Å². The van der Waals surface area contributed by atoms with Crippen molar-refractivity contribution in [2.24, 2.45) is 34.2 Å². The predicted molar refractivity (Wildman–Crippen MR) is 175 cm³/mol. The molecule has 1 saturated heterocycles. The maximum Gasteiger partial charge on any atom is 0.243 e. The molecule has 0 radical (unpaired) electrons. The molecule has 1 aliphatic heterocycles. The molecule has 1 aromatic carbocycles. The Hall–Kier alpha value is -4.36. The molecule has 5 amide bonds. The number of rotatable bonds is 11. The molecule has 256 valence electrons. The van der Waals surface area contributed by atoms with Crippen molar-refractivity contribution in [3.63, 3.8) is 0 Å². The van der Waals surface area contributed by atoms with E-state index in [2.05, 4.69) is 31.6 Å². The summed E-state index contributed by atoms with van der Waals surface area (Å²) < 4.78 is 0. The number of benzene rings is 1. The summed E-state index contributed by atoms with van der Waals surface area (Å²) in [5.41, 5.74) is 11.5. The number of hydrogen-bond acceptors (Lipinski definition) is 7. The molecule has 0 aliphatic carbocycles. The lowest BCUT2D eigenvalue weighted by Crippen LogP contribution is -2.59. The van der Waals surface area contributed by atoms with E-state index in [9.17, 15) is 29.1 Å². The van der Waals surface area contributed by atoms with Gasteiger partial charge in [0.05, 0.1) is 0 Å². The molecule has 1 aliphatic rings. The fourth-order valence-electron chi connectivity index (χ4n) is 5.12. The van der Waals surface area contributed by atoms with Crippen molar-refractivity contribution in [1.82, 2.24) is 26.6 Å². The Morgan fingerprint density at radius 3 is 1.65 bits per heavy atom. The Kier molecular flexibility index (Phi) is 14.8. The summed E-state index contributed by atoms with van der Waals surface area (Å²) in [5.74, 6) is -3.37. The van der Waals surface area contributed by atoms with E-state index in [1.807, 2.05) is 27.7 Å². The maximum atomic E-state index is 13.8. The fourth-order valence-corrected chi connectivity index (χ4v) is 5.12. The number of nitrogens with zero attached hydrogens (tertiary/aromatic N) is 1. The lowest BCUT2D eigenvalue weighted by Gasteiger charge is -2.28. The van der Waals surface area contributed by atoms with Crippen LogP contribution in [-0.2, 0) is 30.4 Å². The second kappa shape index (κ2) is 18.0. The molecule has 14 nitrogen and oxygen atoms in total. The first-order valence-electron chi connectivity index (χ1n) is 15.9. The minimum atomic E-state index is -1.12. The first kappa shape index (κ1) is 37.8. The van der Waals surface area contributed by atoms with Crippen molar-refractivity contribution in [3.8, 4) is 5.75 Å². The summed E-state index contributed by atoms with van der Waals surface area (Å²) in [6.07, 6.45) is 1.08. The zero-order valence-electron chi connectivity index (χ0n) is 27.8. The number of hydrogen-bond donors (Lipinski definition) is 8. The molecular formula is C32H52N8O6. The van der Waals surface area contributed by atoms with E-state index in [1.165, 1.54) is 12.1 Å². The second-order valence-electron chi connectivity index (χ2n) is 13.1. The minimum Gasteiger partial charge on any atom is -0.508 e. The molecule has 2 rings (SSSR count). The van der Waals surface area contributed by atoms with Gasteiger partial charge >= 0.3 is 0 Å². The molecule has 0 aromatic heterocycles. The standard InChI is InChI=1S/C32H52N8O6/c1-17(2)14-23-28(43)39-25(16-20-9-11-21(41)12-10-20)29(44)38-24(15-18(3)4)30(45)40-26(19(5)6)31(46)36-22(27(42)37-23)8-7-13-35-32(33)34/h9-12,17-19,22-26,41H,7-8,13-16H2,1-6H3,(H,36,46)(H,37,42)(H,38,44)(H,39,43)(H,40,45)(H4,33,34,35)/t22-,23-,24-,25+,26-/m0/s1. The second-order valence-corrected chi connectivity index (χ2v) is 13.1. The number of phenols is 1. The van der Waals surface area contributed by atoms with Crippen LogP contribution in [0, 0.1) is 17.8 Å². The van der Waals surface area contributed by atoms with Crippen molar-refractivity contribution in [1.29, 1.82) is 0 Å². The van der Waals surface area contributed by atoms with Crippen molar-refractivity contribution in [3.05, 3.63) is 29.8 Å². The highest BCUT2D eigenvalue weighted by molar-refractivity contribution is 5.98. The quantitative estimate of drug-likeness (QED) is 0.0938. The van der Waals surface area contributed by atoms with E-state index in [0.717, 1.165) is 0 Å². The molecule has 0 saturated carbocycles. The van der Waals surface area contributed by atoms with E-state index >= 15 is 0 Å². The number of nitrogens with one attached hydrogen (secondary N) is 5. The number of carbonyl (C=O) groups is 5. The molecule has 0 unspecified atom stereocenters. The summed E-state index contributed by atoms with van der Waals surface area (Å²) in [6.45, 7) is 11.3. The summed E-state index contributed by atoms with van der Waals surface area (Å²) in [5, 5.41) is 23.6. The number of nitrogens with two attached hydrogens (primary N) is 2. The third kappa shape index (κ3) is 12.6. The van der Waals surface area contributed by atoms with E-state index in [0.29, 0.717) is 12.0 Å². The van der Waals surface area contributed by atoms with Crippen molar-refractivity contribution in [2.75, 3.05) is 6.54 Å². The third-order valence-electron chi connectivity index (χ3n) is 7.51. The summed E-state index contributed by atoms with van der Waals surface area (Å²) in [7, 11) is 0. The van der Waals surface area contributed by atoms with Gasteiger partial charge in [-0.25, -0.2) is 0 Å². The maximum absolute atomic E-state index is 13.8. The Bertz CT molecular complexity index is 1230. The zero-order chi connectivity index (χ0) is 34.6. The highest BCUT2D eigenvalue weighted by Crippen LogP contribution is 2.15. The highest BCUT2D eigenvalue weighted by Gasteiger charge is 2.35. The smallest absolute Gasteiger partial charge is 0.243 e. The molecule has 14 heteroatoms. The number of aromatic hydroxyl groups is 1. The van der Waals surface area contributed by atoms with Gasteiger partial charge in [-0.1, -0.05) is 53.7 Å². The number of carbonyl (C=O) groups excluding carboxylic acids is 5. The highest BCUT2D eigenvalue weighted by atomic mass is 16.3. The average Bonchev–Trinajstić information content (AvgIpc) is 2.95. The van der Waals surface area contributed by atoms with Crippen molar-refractivity contribution < 1.29 is 29.1 Å². The van der Waals surface area contributed by atoms with Crippen LogP contribution in [0.1, 0.15) is 72.8 Å². The number of aliphatic imine (C=N–C) groups is 1. The van der Waals surface area contributed by atoms with Crippen molar-refractivity contribution >= 4 is 35.5 Å². The monoisotopic (exact) mass is 644 g/mol. The topological polar surface area (TPSA) is 230 Å². The van der Waals surface area contributed by atoms with Crippen LogP contribution in [0.25, 0.3) is 0 Å². The van der Waals surface area contributed by atoms with Crippen LogP contribution in [0.3, 0.4) is 0 Å². The lowest BCUT2D eigenvalue weighted by molar-refractivity contribution is -0.135. The fraction of sp³-hybridized carbons (Fsp3) is 0.625. The summed E-state index contributed by atoms with van der Waals surface area (Å²) in [4.78, 5) is 72.3. The van der Waals surface area contributed by atoms with Crippen molar-refractivity contribution in [2.45, 2.75) is 104 Å². The molecular weight excluding hydrogens is 592 g/mol. The molecule has 0 bridgehead atoms. The molecule has 46 heavy (non-hydrogen) atoms. The van der Waals surface area contributed by atoms with Gasteiger partial charge in [-0.2, -0.15) is 0 Å². The first-order valence-corrected chi connectivity index (χ1v) is 15.9. The third-order valence-corrected chi connectivity index (χ3v) is 7.51. The van der Waals surface area contributed by atoms with Gasteiger partial charge < -0.3 is 43.2 Å². The Labute approximate surface area is 271 Å². The normalized spacial score (nSPS) is 23.5. The van der Waals surface area contributed by atoms with E-state index in [4.69, 9.17) is 11.5 Å². The van der Waals surface area contributed by atoms with Gasteiger partial charge in [-0.05, 0) is 61.1 Å². The summed E-state index contributed by atoms with van der Waals surface area (Å²) >= 11 is 0. The van der Waals surface area contributed by atoms with Crippen LogP contribution in [-0.4, -0.2) is 77.4 Å². The molecule has 10 N–H and O–H groups in total. The van der Waals surface area contributed by atoms with Crippen LogP contribution in [0.2, 0.25) is 0 Å². The van der Waals surface area contributed by atoms with Gasteiger partial charge in [0, 0.05) is 13.0 Å². The molecule has 0 spiro atoms.